The molecule has 0 N–H and O–H groups in total. The second kappa shape index (κ2) is 58.6. The first-order valence-corrected chi connectivity index (χ1v) is 27.7. The van der Waals surface area contributed by atoms with Crippen LogP contribution in [0.3, 0.4) is 0 Å². The van der Waals surface area contributed by atoms with Gasteiger partial charge in [0.15, 0.2) is 6.10 Å². The molecule has 0 radical (unpaired) electrons. The van der Waals surface area contributed by atoms with Gasteiger partial charge < -0.3 is 14.2 Å². The van der Waals surface area contributed by atoms with Crippen molar-refractivity contribution in [2.75, 3.05) is 19.8 Å². The number of hydrogen-bond donors (Lipinski definition) is 0. The maximum atomic E-state index is 12.8. The van der Waals surface area contributed by atoms with Gasteiger partial charge in [-0.1, -0.05) is 223 Å². The van der Waals surface area contributed by atoms with E-state index in [1.54, 1.807) is 0 Å². The number of hydrogen-bond acceptors (Lipinski definition) is 5. The molecule has 0 amide bonds. The van der Waals surface area contributed by atoms with Gasteiger partial charge in [0.2, 0.25) is 0 Å². The van der Waals surface area contributed by atoms with Crippen LogP contribution in [-0.4, -0.2) is 37.9 Å². The standard InChI is InChI=1S/C65H100O5/c1-4-7-10-13-16-19-22-25-28-31-32-33-36-39-42-45-48-51-54-57-60-68-61-63(70-65(67)59-56-53-50-47-44-41-38-35-30-27-24-21-18-15-12-9-6-3)62-69-64(66)58-55-52-49-46-43-40-37-34-29-26-23-20-17-14-11-8-5-2/h7-12,16-21,25-30,32-33,37-38,40-41,46-47,49-50,63H,4-6,13-15,22-24,31,34-36,39,42-45,48,51-62H2,1-3H3/b10-7-,11-8-,12-9-,19-16-,20-17-,21-18-,28-25-,29-26-,30-27-,33-32-,40-37-,41-38-,49-46-,50-47-. The second-order valence-electron chi connectivity index (χ2n) is 17.3. The van der Waals surface area contributed by atoms with Crippen LogP contribution < -0.4 is 0 Å². The van der Waals surface area contributed by atoms with Crippen LogP contribution in [0.1, 0.15) is 201 Å². The van der Waals surface area contributed by atoms with E-state index in [0.29, 0.717) is 32.3 Å². The van der Waals surface area contributed by atoms with Crippen molar-refractivity contribution in [2.45, 2.75) is 207 Å². The van der Waals surface area contributed by atoms with Crippen LogP contribution in [0.15, 0.2) is 170 Å². The van der Waals surface area contributed by atoms with Gasteiger partial charge in [0.1, 0.15) is 6.61 Å². The van der Waals surface area contributed by atoms with E-state index in [1.807, 2.05) is 0 Å². The molecule has 5 nitrogen and oxygen atoms in total. The number of allylic oxidation sites excluding steroid dienone is 28. The van der Waals surface area contributed by atoms with Crippen LogP contribution in [0.2, 0.25) is 0 Å². The van der Waals surface area contributed by atoms with E-state index < -0.39 is 6.10 Å². The average Bonchev–Trinajstić information content (AvgIpc) is 3.36. The van der Waals surface area contributed by atoms with E-state index in [-0.39, 0.29) is 25.2 Å². The molecular formula is C65H100O5. The van der Waals surface area contributed by atoms with E-state index in [1.165, 1.54) is 32.1 Å². The molecule has 0 aliphatic carbocycles. The van der Waals surface area contributed by atoms with Crippen LogP contribution in [-0.2, 0) is 23.8 Å². The lowest BCUT2D eigenvalue weighted by Gasteiger charge is -2.18. The highest BCUT2D eigenvalue weighted by molar-refractivity contribution is 5.70. The summed E-state index contributed by atoms with van der Waals surface area (Å²) in [5.41, 5.74) is 0. The van der Waals surface area contributed by atoms with Crippen molar-refractivity contribution in [1.82, 2.24) is 0 Å². The Balaban J connectivity index is 4.52. The number of ether oxygens (including phenoxy) is 3. The monoisotopic (exact) mass is 961 g/mol. The fraction of sp³-hybridized carbons (Fsp3) is 0.538. The zero-order valence-electron chi connectivity index (χ0n) is 44.7. The van der Waals surface area contributed by atoms with Crippen LogP contribution in [0.4, 0.5) is 0 Å². The summed E-state index contributed by atoms with van der Waals surface area (Å²) in [7, 11) is 0. The summed E-state index contributed by atoms with van der Waals surface area (Å²) >= 11 is 0. The molecule has 0 aliphatic rings. The summed E-state index contributed by atoms with van der Waals surface area (Å²) in [6, 6.07) is 0. The Morgan fingerprint density at radius 1 is 0.314 bits per heavy atom. The summed E-state index contributed by atoms with van der Waals surface area (Å²) in [6.45, 7) is 7.31. The van der Waals surface area contributed by atoms with Crippen LogP contribution in [0.25, 0.3) is 0 Å². The fourth-order valence-corrected chi connectivity index (χ4v) is 6.75. The van der Waals surface area contributed by atoms with Crippen LogP contribution in [0.5, 0.6) is 0 Å². The van der Waals surface area contributed by atoms with Gasteiger partial charge in [-0.15, -0.1) is 0 Å². The van der Waals surface area contributed by atoms with E-state index >= 15 is 0 Å². The van der Waals surface area contributed by atoms with Gasteiger partial charge in [0.05, 0.1) is 6.61 Å². The number of esters is 2. The van der Waals surface area contributed by atoms with Gasteiger partial charge in [0, 0.05) is 19.4 Å². The van der Waals surface area contributed by atoms with Crippen molar-refractivity contribution >= 4 is 11.9 Å². The summed E-state index contributed by atoms with van der Waals surface area (Å²) in [5, 5.41) is 0. The Morgan fingerprint density at radius 2 is 0.600 bits per heavy atom. The topological polar surface area (TPSA) is 61.8 Å². The average molecular weight is 962 g/mol. The van der Waals surface area contributed by atoms with Crippen molar-refractivity contribution < 1.29 is 23.8 Å². The Labute approximate surface area is 430 Å². The highest BCUT2D eigenvalue weighted by Crippen LogP contribution is 2.11. The quantitative estimate of drug-likeness (QED) is 0.0345. The minimum Gasteiger partial charge on any atom is -0.462 e. The first-order chi connectivity index (χ1) is 34.6. The molecule has 0 aliphatic heterocycles. The van der Waals surface area contributed by atoms with E-state index in [0.717, 1.165) is 122 Å². The third-order valence-corrected chi connectivity index (χ3v) is 10.7. The van der Waals surface area contributed by atoms with E-state index in [4.69, 9.17) is 14.2 Å². The second-order valence-corrected chi connectivity index (χ2v) is 17.3. The fourth-order valence-electron chi connectivity index (χ4n) is 6.75. The number of carbonyl (C=O) groups excluding carboxylic acids is 2. The summed E-state index contributed by atoms with van der Waals surface area (Å²) in [6.07, 6.45) is 88.1. The van der Waals surface area contributed by atoms with Gasteiger partial charge in [-0.2, -0.15) is 0 Å². The lowest BCUT2D eigenvalue weighted by molar-refractivity contribution is -0.162. The highest BCUT2D eigenvalue weighted by Gasteiger charge is 2.17. The van der Waals surface area contributed by atoms with Crippen molar-refractivity contribution in [3.05, 3.63) is 170 Å². The molecular weight excluding hydrogens is 861 g/mol. The van der Waals surface area contributed by atoms with E-state index in [9.17, 15) is 9.59 Å². The maximum Gasteiger partial charge on any atom is 0.306 e. The van der Waals surface area contributed by atoms with Gasteiger partial charge in [-0.25, -0.2) is 0 Å². The smallest absolute Gasteiger partial charge is 0.306 e. The third kappa shape index (κ3) is 55.9. The third-order valence-electron chi connectivity index (χ3n) is 10.7. The molecule has 0 aromatic rings. The SMILES string of the molecule is CC/C=C\C/C=C\C/C=C\C/C=C\C/C=C\CCCC(=O)OCC(COCCCCCCCCC/C=C\C/C=C\C/C=C\C/C=C\CC)OC(=O)CCC/C=C\C/C=C\C/C=C\C/C=C\C/C=C\CC. The summed E-state index contributed by atoms with van der Waals surface area (Å²) < 4.78 is 17.3. The molecule has 0 bridgehead atoms. The van der Waals surface area contributed by atoms with Crippen LogP contribution in [0, 0.1) is 0 Å². The van der Waals surface area contributed by atoms with Gasteiger partial charge in [-0.05, 0) is 135 Å². The molecule has 0 rings (SSSR count). The normalized spacial score (nSPS) is 13.6. The van der Waals surface area contributed by atoms with Gasteiger partial charge in [-0.3, -0.25) is 9.59 Å². The Bertz CT molecular complexity index is 1600. The maximum absolute atomic E-state index is 12.8. The number of unbranched alkanes of at least 4 members (excludes halogenated alkanes) is 9. The molecule has 0 spiro atoms. The predicted molar refractivity (Wildman–Crippen MR) is 306 cm³/mol. The minimum atomic E-state index is -0.610. The minimum absolute atomic E-state index is 0.0158. The zero-order chi connectivity index (χ0) is 50.6. The summed E-state index contributed by atoms with van der Waals surface area (Å²) in [5.74, 6) is -0.553. The lowest BCUT2D eigenvalue weighted by Crippen LogP contribution is -2.30. The van der Waals surface area contributed by atoms with Crippen molar-refractivity contribution in [2.24, 2.45) is 0 Å². The largest absolute Gasteiger partial charge is 0.462 e. The molecule has 0 fully saturated rings. The lowest BCUT2D eigenvalue weighted by atomic mass is 10.1. The van der Waals surface area contributed by atoms with E-state index in [2.05, 4.69) is 191 Å². The molecule has 0 aromatic carbocycles. The molecule has 0 heterocycles. The first-order valence-electron chi connectivity index (χ1n) is 27.7. The molecule has 390 valence electrons. The molecule has 0 aromatic heterocycles. The first kappa shape index (κ1) is 65.3. The van der Waals surface area contributed by atoms with Gasteiger partial charge >= 0.3 is 11.9 Å². The number of carbonyl (C=O) groups is 2. The molecule has 1 atom stereocenters. The Hall–Kier alpha value is -4.74. The molecule has 5 heteroatoms. The molecule has 0 saturated heterocycles. The predicted octanol–water partition coefficient (Wildman–Crippen LogP) is 19.2. The van der Waals surface area contributed by atoms with Crippen molar-refractivity contribution in [1.29, 1.82) is 0 Å². The molecule has 1 unspecified atom stereocenters. The highest BCUT2D eigenvalue weighted by atomic mass is 16.6. The number of rotatable bonds is 48. The Kier molecular flexibility index (Phi) is 54.6. The van der Waals surface area contributed by atoms with Crippen molar-refractivity contribution in [3.63, 3.8) is 0 Å². The molecule has 70 heavy (non-hydrogen) atoms. The van der Waals surface area contributed by atoms with Crippen molar-refractivity contribution in [3.8, 4) is 0 Å². The summed E-state index contributed by atoms with van der Waals surface area (Å²) in [4.78, 5) is 25.5. The zero-order valence-corrected chi connectivity index (χ0v) is 44.7. The molecule has 0 saturated carbocycles. The van der Waals surface area contributed by atoms with Gasteiger partial charge in [0.25, 0.3) is 0 Å². The van der Waals surface area contributed by atoms with Crippen LogP contribution >= 0.6 is 0 Å². The Morgan fingerprint density at radius 3 is 0.957 bits per heavy atom.